The highest BCUT2D eigenvalue weighted by Crippen LogP contribution is 2.18. The van der Waals surface area contributed by atoms with E-state index >= 15 is 0 Å². The molecule has 0 aliphatic rings. The van der Waals surface area contributed by atoms with Gasteiger partial charge in [-0.3, -0.25) is 4.79 Å². The van der Waals surface area contributed by atoms with Crippen LogP contribution in [0.5, 0.6) is 0 Å². The highest BCUT2D eigenvalue weighted by atomic mass is 35.5. The third-order valence-corrected chi connectivity index (χ3v) is 2.13. The summed E-state index contributed by atoms with van der Waals surface area (Å²) in [5.74, 6) is 0.340. The van der Waals surface area contributed by atoms with Crippen molar-refractivity contribution in [2.24, 2.45) is 5.92 Å². The SMILES string of the molecule is CC(C)CN(C)C(=O)c1ccoc1Cl. The Morgan fingerprint density at radius 1 is 1.64 bits per heavy atom. The van der Waals surface area contributed by atoms with Crippen LogP contribution in [0.15, 0.2) is 16.7 Å². The Morgan fingerprint density at radius 3 is 2.71 bits per heavy atom. The minimum atomic E-state index is -0.0996. The van der Waals surface area contributed by atoms with Crippen LogP contribution in [0, 0.1) is 5.92 Å². The van der Waals surface area contributed by atoms with E-state index in [4.69, 9.17) is 16.0 Å². The maximum absolute atomic E-state index is 11.7. The summed E-state index contributed by atoms with van der Waals surface area (Å²) in [6, 6.07) is 1.58. The number of hydrogen-bond donors (Lipinski definition) is 0. The Morgan fingerprint density at radius 2 is 2.29 bits per heavy atom. The maximum atomic E-state index is 11.7. The topological polar surface area (TPSA) is 33.5 Å². The summed E-state index contributed by atoms with van der Waals surface area (Å²) in [6.07, 6.45) is 1.42. The van der Waals surface area contributed by atoms with Gasteiger partial charge in [0.25, 0.3) is 5.91 Å². The Labute approximate surface area is 88.6 Å². The van der Waals surface area contributed by atoms with Crippen molar-refractivity contribution in [3.8, 4) is 0 Å². The summed E-state index contributed by atoms with van der Waals surface area (Å²) in [5, 5.41) is 0.158. The third kappa shape index (κ3) is 2.51. The first kappa shape index (κ1) is 11.1. The number of amides is 1. The zero-order valence-electron chi connectivity index (χ0n) is 8.58. The molecule has 0 radical (unpaired) electrons. The van der Waals surface area contributed by atoms with Gasteiger partial charge in [0.1, 0.15) is 0 Å². The van der Waals surface area contributed by atoms with Gasteiger partial charge in [-0.1, -0.05) is 13.8 Å². The van der Waals surface area contributed by atoms with E-state index in [2.05, 4.69) is 13.8 Å². The smallest absolute Gasteiger partial charge is 0.258 e. The first-order chi connectivity index (χ1) is 6.52. The summed E-state index contributed by atoms with van der Waals surface area (Å²) >= 11 is 5.70. The molecule has 0 aromatic carbocycles. The summed E-state index contributed by atoms with van der Waals surface area (Å²) in [6.45, 7) is 4.82. The van der Waals surface area contributed by atoms with Crippen LogP contribution in [0.3, 0.4) is 0 Å². The van der Waals surface area contributed by atoms with E-state index in [1.807, 2.05) is 0 Å². The molecule has 78 valence electrons. The van der Waals surface area contributed by atoms with E-state index in [0.717, 1.165) is 0 Å². The Balaban J connectivity index is 2.71. The van der Waals surface area contributed by atoms with Crippen LogP contribution in [-0.4, -0.2) is 24.4 Å². The monoisotopic (exact) mass is 215 g/mol. The molecule has 0 fully saturated rings. The number of halogens is 1. The summed E-state index contributed by atoms with van der Waals surface area (Å²) in [4.78, 5) is 13.4. The molecule has 4 heteroatoms. The Hall–Kier alpha value is -0.960. The minimum absolute atomic E-state index is 0.0996. The molecule has 1 rings (SSSR count). The fraction of sp³-hybridized carbons (Fsp3) is 0.500. The Bertz CT molecular complexity index is 320. The van der Waals surface area contributed by atoms with E-state index in [-0.39, 0.29) is 11.1 Å². The normalized spacial score (nSPS) is 10.6. The average Bonchev–Trinajstić information content (AvgIpc) is 2.48. The van der Waals surface area contributed by atoms with Crippen molar-refractivity contribution in [2.45, 2.75) is 13.8 Å². The quantitative estimate of drug-likeness (QED) is 0.777. The summed E-state index contributed by atoms with van der Waals surface area (Å²) < 4.78 is 4.86. The number of carbonyl (C=O) groups is 1. The number of rotatable bonds is 3. The fourth-order valence-electron chi connectivity index (χ4n) is 1.28. The largest absolute Gasteiger partial charge is 0.452 e. The predicted octanol–water partition coefficient (Wildman–Crippen LogP) is 2.66. The standard InChI is InChI=1S/C10H14ClNO2/c1-7(2)6-12(3)10(13)8-4-5-14-9(8)11/h4-5,7H,6H2,1-3H3. The number of furan rings is 1. The molecular formula is C10H14ClNO2. The second-order valence-electron chi connectivity index (χ2n) is 3.69. The van der Waals surface area contributed by atoms with Gasteiger partial charge >= 0.3 is 0 Å². The van der Waals surface area contributed by atoms with E-state index in [0.29, 0.717) is 18.0 Å². The van der Waals surface area contributed by atoms with Crippen LogP contribution in [0.4, 0.5) is 0 Å². The predicted molar refractivity (Wildman–Crippen MR) is 55.5 cm³/mol. The molecule has 0 saturated heterocycles. The zero-order chi connectivity index (χ0) is 10.7. The van der Waals surface area contributed by atoms with Crippen LogP contribution < -0.4 is 0 Å². The van der Waals surface area contributed by atoms with Crippen LogP contribution >= 0.6 is 11.6 Å². The van der Waals surface area contributed by atoms with Gasteiger partial charge in [0.2, 0.25) is 5.22 Å². The molecule has 0 atom stereocenters. The second kappa shape index (κ2) is 4.51. The lowest BCUT2D eigenvalue weighted by atomic mass is 10.2. The molecule has 0 N–H and O–H groups in total. The first-order valence-electron chi connectivity index (χ1n) is 4.50. The van der Waals surface area contributed by atoms with Crippen molar-refractivity contribution in [2.75, 3.05) is 13.6 Å². The van der Waals surface area contributed by atoms with Crippen molar-refractivity contribution in [3.05, 3.63) is 23.1 Å². The molecule has 0 aliphatic carbocycles. The molecule has 0 saturated carbocycles. The van der Waals surface area contributed by atoms with Gasteiger partial charge in [-0.05, 0) is 23.6 Å². The zero-order valence-corrected chi connectivity index (χ0v) is 9.34. The van der Waals surface area contributed by atoms with Gasteiger partial charge in [-0.25, -0.2) is 0 Å². The molecule has 1 heterocycles. The molecule has 0 spiro atoms. The van der Waals surface area contributed by atoms with Gasteiger partial charge in [-0.2, -0.15) is 0 Å². The molecule has 1 amide bonds. The molecule has 3 nitrogen and oxygen atoms in total. The maximum Gasteiger partial charge on any atom is 0.258 e. The van der Waals surface area contributed by atoms with Gasteiger partial charge in [0.05, 0.1) is 11.8 Å². The summed E-state index contributed by atoms with van der Waals surface area (Å²) in [7, 11) is 1.76. The van der Waals surface area contributed by atoms with Crippen LogP contribution in [0.1, 0.15) is 24.2 Å². The first-order valence-corrected chi connectivity index (χ1v) is 4.88. The fourth-order valence-corrected chi connectivity index (χ4v) is 1.48. The number of nitrogens with zero attached hydrogens (tertiary/aromatic N) is 1. The summed E-state index contributed by atoms with van der Waals surface area (Å²) in [5.41, 5.74) is 0.426. The van der Waals surface area contributed by atoms with Crippen LogP contribution in [-0.2, 0) is 0 Å². The average molecular weight is 216 g/mol. The lowest BCUT2D eigenvalue weighted by Crippen LogP contribution is -2.30. The molecular weight excluding hydrogens is 202 g/mol. The minimum Gasteiger partial charge on any atom is -0.452 e. The van der Waals surface area contributed by atoms with Crippen molar-refractivity contribution >= 4 is 17.5 Å². The van der Waals surface area contributed by atoms with Crippen LogP contribution in [0.25, 0.3) is 0 Å². The van der Waals surface area contributed by atoms with E-state index < -0.39 is 0 Å². The van der Waals surface area contributed by atoms with Crippen molar-refractivity contribution < 1.29 is 9.21 Å². The van der Waals surface area contributed by atoms with Crippen molar-refractivity contribution in [1.82, 2.24) is 4.90 Å². The van der Waals surface area contributed by atoms with E-state index in [1.165, 1.54) is 6.26 Å². The van der Waals surface area contributed by atoms with Gasteiger partial charge in [0.15, 0.2) is 0 Å². The molecule has 1 aromatic heterocycles. The number of carbonyl (C=O) groups excluding carboxylic acids is 1. The molecule has 1 aromatic rings. The third-order valence-electron chi connectivity index (χ3n) is 1.83. The van der Waals surface area contributed by atoms with Crippen LogP contribution in [0.2, 0.25) is 5.22 Å². The highest BCUT2D eigenvalue weighted by molar-refractivity contribution is 6.32. The van der Waals surface area contributed by atoms with Gasteiger partial charge < -0.3 is 9.32 Å². The highest BCUT2D eigenvalue weighted by Gasteiger charge is 2.17. The Kier molecular flexibility index (Phi) is 3.58. The van der Waals surface area contributed by atoms with Gasteiger partial charge in [-0.15, -0.1) is 0 Å². The van der Waals surface area contributed by atoms with E-state index in [9.17, 15) is 4.79 Å². The lowest BCUT2D eigenvalue weighted by molar-refractivity contribution is 0.0778. The molecule has 0 unspecified atom stereocenters. The second-order valence-corrected chi connectivity index (χ2v) is 4.03. The molecule has 0 bridgehead atoms. The number of hydrogen-bond acceptors (Lipinski definition) is 2. The lowest BCUT2D eigenvalue weighted by Gasteiger charge is -2.18. The molecule has 0 aliphatic heterocycles. The van der Waals surface area contributed by atoms with E-state index in [1.54, 1.807) is 18.0 Å². The van der Waals surface area contributed by atoms with Gasteiger partial charge in [0, 0.05) is 13.6 Å². The molecule has 14 heavy (non-hydrogen) atoms. The van der Waals surface area contributed by atoms with Crippen molar-refractivity contribution in [1.29, 1.82) is 0 Å². The van der Waals surface area contributed by atoms with Crippen molar-refractivity contribution in [3.63, 3.8) is 0 Å².